The van der Waals surface area contributed by atoms with Crippen molar-refractivity contribution < 1.29 is 16.8 Å². The van der Waals surface area contributed by atoms with Crippen LogP contribution in [-0.2, 0) is 19.9 Å². The van der Waals surface area contributed by atoms with Crippen molar-refractivity contribution in [3.8, 4) is 0 Å². The van der Waals surface area contributed by atoms with Crippen LogP contribution in [0.5, 0.6) is 0 Å². The molecule has 2 fully saturated rings. The number of rotatable bonds is 4. The molecule has 146 valence electrons. The van der Waals surface area contributed by atoms with E-state index in [9.17, 15) is 16.8 Å². The summed E-state index contributed by atoms with van der Waals surface area (Å²) >= 11 is 0. The van der Waals surface area contributed by atoms with Gasteiger partial charge in [0.1, 0.15) is 0 Å². The average molecular weight is 395 g/mol. The molecule has 1 atom stereocenters. The molecule has 0 amide bonds. The Morgan fingerprint density at radius 3 is 2.52 bits per heavy atom. The van der Waals surface area contributed by atoms with E-state index in [1.54, 1.807) is 13.8 Å². The van der Waals surface area contributed by atoms with Crippen LogP contribution in [0.1, 0.15) is 27.2 Å². The summed E-state index contributed by atoms with van der Waals surface area (Å²) in [5.41, 5.74) is 0. The quantitative estimate of drug-likeness (QED) is 0.521. The molecule has 10 heteroatoms. The van der Waals surface area contributed by atoms with Gasteiger partial charge in [-0.3, -0.25) is 4.99 Å². The number of nitrogens with one attached hydrogen (secondary N) is 1. The molecule has 0 aromatic carbocycles. The van der Waals surface area contributed by atoms with Gasteiger partial charge in [-0.2, -0.15) is 0 Å². The predicted molar refractivity (Wildman–Crippen MR) is 99.9 cm³/mol. The molecule has 0 saturated carbocycles. The molecule has 0 aromatic heterocycles. The standard InChI is InChI=1S/C15H30N4O4S2/c1-5-16-14(18-8-9-25(22,23)15(2,3)12-18)17-10-13-6-7-19(11-13)24(4,20)21/h13H,5-12H2,1-4H3,(H,16,17). The van der Waals surface area contributed by atoms with E-state index in [0.717, 1.165) is 6.42 Å². The number of hydrogen-bond donors (Lipinski definition) is 1. The minimum atomic E-state index is -3.14. The van der Waals surface area contributed by atoms with E-state index in [2.05, 4.69) is 10.3 Å². The lowest BCUT2D eigenvalue weighted by molar-refractivity contribution is 0.352. The number of guanidine groups is 1. The maximum Gasteiger partial charge on any atom is 0.211 e. The number of sulfone groups is 1. The lowest BCUT2D eigenvalue weighted by Crippen LogP contribution is -2.57. The second-order valence-corrected chi connectivity index (χ2v) is 12.2. The van der Waals surface area contributed by atoms with Crippen molar-refractivity contribution in [3.05, 3.63) is 0 Å². The smallest absolute Gasteiger partial charge is 0.211 e. The molecule has 0 aromatic rings. The lowest BCUT2D eigenvalue weighted by atomic mass is 10.1. The Kier molecular flexibility index (Phi) is 6.05. The first-order valence-corrected chi connectivity index (χ1v) is 12.2. The first kappa shape index (κ1) is 20.4. The Morgan fingerprint density at radius 1 is 1.32 bits per heavy atom. The first-order valence-electron chi connectivity index (χ1n) is 8.67. The Hall–Kier alpha value is -0.870. The summed E-state index contributed by atoms with van der Waals surface area (Å²) in [4.78, 5) is 6.66. The van der Waals surface area contributed by atoms with Gasteiger partial charge in [0.25, 0.3) is 0 Å². The van der Waals surface area contributed by atoms with Crippen LogP contribution >= 0.6 is 0 Å². The van der Waals surface area contributed by atoms with Crippen molar-refractivity contribution in [2.75, 3.05) is 51.3 Å². The zero-order valence-electron chi connectivity index (χ0n) is 15.5. The molecule has 0 radical (unpaired) electrons. The maximum absolute atomic E-state index is 12.2. The molecule has 2 rings (SSSR count). The second kappa shape index (κ2) is 7.40. The van der Waals surface area contributed by atoms with E-state index in [-0.39, 0.29) is 11.7 Å². The van der Waals surface area contributed by atoms with Gasteiger partial charge in [-0.1, -0.05) is 0 Å². The van der Waals surface area contributed by atoms with Crippen LogP contribution < -0.4 is 5.32 Å². The molecule has 1 N–H and O–H groups in total. The summed E-state index contributed by atoms with van der Waals surface area (Å²) < 4.78 is 48.3. The lowest BCUT2D eigenvalue weighted by Gasteiger charge is -2.39. The van der Waals surface area contributed by atoms with Crippen molar-refractivity contribution in [2.24, 2.45) is 10.9 Å². The van der Waals surface area contributed by atoms with Gasteiger partial charge in [0.15, 0.2) is 15.8 Å². The van der Waals surface area contributed by atoms with Gasteiger partial charge in [0, 0.05) is 39.3 Å². The van der Waals surface area contributed by atoms with Crippen LogP contribution in [0.3, 0.4) is 0 Å². The minimum Gasteiger partial charge on any atom is -0.357 e. The third kappa shape index (κ3) is 4.85. The van der Waals surface area contributed by atoms with Crippen LogP contribution in [0.4, 0.5) is 0 Å². The number of hydrogen-bond acceptors (Lipinski definition) is 5. The third-order valence-electron chi connectivity index (χ3n) is 4.89. The van der Waals surface area contributed by atoms with Gasteiger partial charge in [-0.05, 0) is 33.1 Å². The van der Waals surface area contributed by atoms with Crippen molar-refractivity contribution in [1.29, 1.82) is 0 Å². The van der Waals surface area contributed by atoms with Gasteiger partial charge >= 0.3 is 0 Å². The number of nitrogens with zero attached hydrogens (tertiary/aromatic N) is 3. The largest absolute Gasteiger partial charge is 0.357 e. The molecule has 25 heavy (non-hydrogen) atoms. The van der Waals surface area contributed by atoms with E-state index >= 15 is 0 Å². The van der Waals surface area contributed by atoms with Gasteiger partial charge in [0.2, 0.25) is 10.0 Å². The molecule has 2 aliphatic rings. The van der Waals surface area contributed by atoms with Gasteiger partial charge < -0.3 is 10.2 Å². The number of sulfonamides is 1. The third-order valence-corrected chi connectivity index (χ3v) is 8.70. The summed E-state index contributed by atoms with van der Waals surface area (Å²) in [6.45, 7) is 8.59. The van der Waals surface area contributed by atoms with Crippen molar-refractivity contribution in [1.82, 2.24) is 14.5 Å². The Morgan fingerprint density at radius 2 is 2.00 bits per heavy atom. The van der Waals surface area contributed by atoms with Gasteiger partial charge in [-0.25, -0.2) is 21.1 Å². The molecule has 0 aliphatic carbocycles. The SMILES string of the molecule is CCNC(=NCC1CCN(S(C)(=O)=O)C1)N1CCS(=O)(=O)C(C)(C)C1. The van der Waals surface area contributed by atoms with E-state index < -0.39 is 24.6 Å². The van der Waals surface area contributed by atoms with Crippen LogP contribution in [0.2, 0.25) is 0 Å². The summed E-state index contributed by atoms with van der Waals surface area (Å²) in [5, 5.41) is 3.23. The Bertz CT molecular complexity index is 716. The molecule has 1 unspecified atom stereocenters. The second-order valence-electron chi connectivity index (χ2n) is 7.47. The van der Waals surface area contributed by atoms with Crippen molar-refractivity contribution in [2.45, 2.75) is 31.9 Å². The maximum atomic E-state index is 12.2. The fourth-order valence-corrected chi connectivity index (χ4v) is 5.50. The highest BCUT2D eigenvalue weighted by Gasteiger charge is 2.41. The zero-order valence-corrected chi connectivity index (χ0v) is 17.2. The molecule has 0 spiro atoms. The normalized spacial score (nSPS) is 27.4. The zero-order chi connectivity index (χ0) is 18.9. The van der Waals surface area contributed by atoms with Gasteiger partial charge in [0.05, 0.1) is 16.8 Å². The average Bonchev–Trinajstić information content (AvgIpc) is 2.95. The van der Waals surface area contributed by atoms with Crippen LogP contribution in [-0.4, -0.2) is 88.0 Å². The molecular formula is C15H30N4O4S2. The summed E-state index contributed by atoms with van der Waals surface area (Å²) in [6, 6.07) is 0. The topological polar surface area (TPSA) is 99.2 Å². The summed E-state index contributed by atoms with van der Waals surface area (Å²) in [5.74, 6) is 1.03. The van der Waals surface area contributed by atoms with Crippen LogP contribution in [0.15, 0.2) is 4.99 Å². The van der Waals surface area contributed by atoms with Crippen LogP contribution in [0, 0.1) is 5.92 Å². The fraction of sp³-hybridized carbons (Fsp3) is 0.933. The van der Waals surface area contributed by atoms with Crippen LogP contribution in [0.25, 0.3) is 0 Å². The van der Waals surface area contributed by atoms with E-state index in [4.69, 9.17) is 0 Å². The predicted octanol–water partition coefficient (Wildman–Crippen LogP) is -0.258. The Balaban J connectivity index is 2.05. The highest BCUT2D eigenvalue weighted by Crippen LogP contribution is 2.24. The van der Waals surface area contributed by atoms with Gasteiger partial charge in [-0.15, -0.1) is 0 Å². The number of aliphatic imine (C=N–C) groups is 1. The van der Waals surface area contributed by atoms with Crippen molar-refractivity contribution >= 4 is 25.8 Å². The molecule has 0 bridgehead atoms. The highest BCUT2D eigenvalue weighted by molar-refractivity contribution is 7.92. The summed E-state index contributed by atoms with van der Waals surface area (Å²) in [6.07, 6.45) is 2.04. The first-order chi connectivity index (χ1) is 11.5. The molecule has 2 saturated heterocycles. The summed E-state index contributed by atoms with van der Waals surface area (Å²) in [7, 11) is -6.24. The van der Waals surface area contributed by atoms with E-state index in [1.807, 2.05) is 11.8 Å². The fourth-order valence-electron chi connectivity index (χ4n) is 3.21. The van der Waals surface area contributed by atoms with Crippen molar-refractivity contribution in [3.63, 3.8) is 0 Å². The molecule has 2 heterocycles. The minimum absolute atomic E-state index is 0.121. The Labute approximate surface area is 151 Å². The monoisotopic (exact) mass is 394 g/mol. The molecule has 2 aliphatic heterocycles. The molecule has 8 nitrogen and oxygen atoms in total. The molecular weight excluding hydrogens is 364 g/mol. The highest BCUT2D eigenvalue weighted by atomic mass is 32.2. The van der Waals surface area contributed by atoms with E-state index in [1.165, 1.54) is 10.6 Å². The van der Waals surface area contributed by atoms with E-state index in [0.29, 0.717) is 45.2 Å².